The fraction of sp³-hybridized carbons (Fsp3) is 0.625. The van der Waals surface area contributed by atoms with Crippen molar-refractivity contribution in [2.75, 3.05) is 0 Å². The van der Waals surface area contributed by atoms with Crippen molar-refractivity contribution in [1.29, 1.82) is 0 Å². The lowest BCUT2D eigenvalue weighted by Gasteiger charge is -1.78. The van der Waals surface area contributed by atoms with Crippen molar-refractivity contribution in [3.63, 3.8) is 0 Å². The van der Waals surface area contributed by atoms with E-state index < -0.39 is 0 Å². The zero-order valence-electron chi connectivity index (χ0n) is 7.10. The zero-order chi connectivity index (χ0) is 7.70. The SMILES string of the molecule is CC.CC=NC=C(C)C. The molecule has 0 amide bonds. The zero-order valence-corrected chi connectivity index (χ0v) is 7.10. The second kappa shape index (κ2) is 10.4. The summed E-state index contributed by atoms with van der Waals surface area (Å²) < 4.78 is 0. The Morgan fingerprint density at radius 3 is 1.78 bits per heavy atom. The van der Waals surface area contributed by atoms with Gasteiger partial charge >= 0.3 is 0 Å². The molecule has 0 aromatic rings. The summed E-state index contributed by atoms with van der Waals surface area (Å²) in [5.74, 6) is 0. The van der Waals surface area contributed by atoms with Crippen molar-refractivity contribution in [1.82, 2.24) is 0 Å². The summed E-state index contributed by atoms with van der Waals surface area (Å²) >= 11 is 0. The summed E-state index contributed by atoms with van der Waals surface area (Å²) in [4.78, 5) is 3.88. The molecule has 0 aromatic heterocycles. The van der Waals surface area contributed by atoms with E-state index in [2.05, 4.69) is 4.99 Å². The minimum atomic E-state index is 1.23. The molecule has 0 saturated heterocycles. The van der Waals surface area contributed by atoms with Crippen LogP contribution in [-0.4, -0.2) is 6.21 Å². The van der Waals surface area contributed by atoms with E-state index in [-0.39, 0.29) is 0 Å². The molecule has 0 spiro atoms. The summed E-state index contributed by atoms with van der Waals surface area (Å²) in [7, 11) is 0. The molecule has 0 rings (SSSR count). The topological polar surface area (TPSA) is 12.4 Å². The number of hydrogen-bond donors (Lipinski definition) is 0. The summed E-state index contributed by atoms with van der Waals surface area (Å²) in [5, 5.41) is 0. The lowest BCUT2D eigenvalue weighted by atomic mass is 10.4. The fourth-order valence-electron chi connectivity index (χ4n) is 0.224. The van der Waals surface area contributed by atoms with Gasteiger partial charge in [0.2, 0.25) is 0 Å². The molecule has 0 bridgehead atoms. The molecule has 1 heteroatoms. The van der Waals surface area contributed by atoms with Gasteiger partial charge in [-0.2, -0.15) is 0 Å². The van der Waals surface area contributed by atoms with Crippen molar-refractivity contribution < 1.29 is 0 Å². The molecule has 0 N–H and O–H groups in total. The number of nitrogens with zero attached hydrogens (tertiary/aromatic N) is 1. The van der Waals surface area contributed by atoms with Crippen molar-refractivity contribution in [3.05, 3.63) is 11.8 Å². The first-order valence-electron chi connectivity index (χ1n) is 3.38. The molecule has 0 aliphatic carbocycles. The number of aliphatic imine (C=N–C) groups is 1. The van der Waals surface area contributed by atoms with E-state index in [0.717, 1.165) is 0 Å². The van der Waals surface area contributed by atoms with Crippen LogP contribution in [0.25, 0.3) is 0 Å². The molecule has 0 aliphatic heterocycles. The molecule has 0 aromatic carbocycles. The van der Waals surface area contributed by atoms with Gasteiger partial charge in [-0.1, -0.05) is 19.4 Å². The maximum absolute atomic E-state index is 3.88. The van der Waals surface area contributed by atoms with Gasteiger partial charge in [-0.15, -0.1) is 0 Å². The van der Waals surface area contributed by atoms with Crippen LogP contribution < -0.4 is 0 Å². The Kier molecular flexibility index (Phi) is 13.0. The molecular formula is C8H17N. The highest BCUT2D eigenvalue weighted by Gasteiger charge is 1.66. The molecule has 0 fully saturated rings. The number of rotatable bonds is 1. The Hall–Kier alpha value is -0.590. The maximum Gasteiger partial charge on any atom is 0.0250 e. The summed E-state index contributed by atoms with van der Waals surface area (Å²) in [5.41, 5.74) is 1.23. The van der Waals surface area contributed by atoms with Gasteiger partial charge in [0.05, 0.1) is 0 Å². The van der Waals surface area contributed by atoms with Crippen LogP contribution in [-0.2, 0) is 0 Å². The van der Waals surface area contributed by atoms with Gasteiger partial charge < -0.3 is 0 Å². The second-order valence-corrected chi connectivity index (χ2v) is 1.61. The van der Waals surface area contributed by atoms with E-state index in [0.29, 0.717) is 0 Å². The van der Waals surface area contributed by atoms with Crippen LogP contribution in [0.1, 0.15) is 34.6 Å². The van der Waals surface area contributed by atoms with Gasteiger partial charge in [0, 0.05) is 12.4 Å². The molecule has 0 aliphatic rings. The molecule has 0 atom stereocenters. The predicted molar refractivity (Wildman–Crippen MR) is 44.9 cm³/mol. The Labute approximate surface area is 58.5 Å². The molecule has 9 heavy (non-hydrogen) atoms. The van der Waals surface area contributed by atoms with E-state index in [9.17, 15) is 0 Å². The fourth-order valence-corrected chi connectivity index (χ4v) is 0.224. The van der Waals surface area contributed by atoms with Crippen LogP contribution in [0.5, 0.6) is 0 Å². The summed E-state index contributed by atoms with van der Waals surface area (Å²) in [6.45, 7) is 9.94. The van der Waals surface area contributed by atoms with E-state index in [1.807, 2.05) is 40.8 Å². The Bertz CT molecular complexity index is 86.7. The normalized spacial score (nSPS) is 8.11. The Morgan fingerprint density at radius 1 is 1.22 bits per heavy atom. The van der Waals surface area contributed by atoms with Gasteiger partial charge in [-0.25, -0.2) is 0 Å². The lowest BCUT2D eigenvalue weighted by molar-refractivity contribution is 1.34. The largest absolute Gasteiger partial charge is 0.269 e. The quantitative estimate of drug-likeness (QED) is 0.480. The minimum absolute atomic E-state index is 1.23. The smallest absolute Gasteiger partial charge is 0.0250 e. The summed E-state index contributed by atoms with van der Waals surface area (Å²) in [6, 6.07) is 0. The van der Waals surface area contributed by atoms with Crippen LogP contribution in [0.2, 0.25) is 0 Å². The maximum atomic E-state index is 3.88. The van der Waals surface area contributed by atoms with Crippen LogP contribution in [0, 0.1) is 0 Å². The molecular weight excluding hydrogens is 110 g/mol. The third kappa shape index (κ3) is 18.7. The van der Waals surface area contributed by atoms with Crippen molar-refractivity contribution in [2.45, 2.75) is 34.6 Å². The van der Waals surface area contributed by atoms with Crippen LogP contribution >= 0.6 is 0 Å². The second-order valence-electron chi connectivity index (χ2n) is 1.61. The number of hydrogen-bond acceptors (Lipinski definition) is 1. The average molecular weight is 127 g/mol. The third-order valence-electron chi connectivity index (χ3n) is 0.482. The van der Waals surface area contributed by atoms with Crippen molar-refractivity contribution in [3.8, 4) is 0 Å². The minimum Gasteiger partial charge on any atom is -0.269 e. The summed E-state index contributed by atoms with van der Waals surface area (Å²) in [6.07, 6.45) is 3.60. The molecule has 1 nitrogen and oxygen atoms in total. The highest BCUT2D eigenvalue weighted by atomic mass is 14.7. The molecule has 0 unspecified atom stereocenters. The monoisotopic (exact) mass is 127 g/mol. The lowest BCUT2D eigenvalue weighted by Crippen LogP contribution is -1.59. The van der Waals surface area contributed by atoms with Crippen LogP contribution in [0.4, 0.5) is 0 Å². The van der Waals surface area contributed by atoms with Crippen molar-refractivity contribution >= 4 is 6.21 Å². The van der Waals surface area contributed by atoms with Gasteiger partial charge in [0.1, 0.15) is 0 Å². The molecule has 54 valence electrons. The Balaban J connectivity index is 0. The number of allylic oxidation sites excluding steroid dienone is 1. The highest BCUT2D eigenvalue weighted by molar-refractivity contribution is 5.54. The first-order chi connectivity index (χ1) is 4.27. The highest BCUT2D eigenvalue weighted by Crippen LogP contribution is 1.85. The standard InChI is InChI=1S/C6H11N.C2H6/c1-4-7-5-6(2)3;1-2/h4-5H,1-3H3;1-2H3. The van der Waals surface area contributed by atoms with Crippen molar-refractivity contribution in [2.24, 2.45) is 4.99 Å². The Morgan fingerprint density at radius 2 is 1.67 bits per heavy atom. The van der Waals surface area contributed by atoms with Gasteiger partial charge in [-0.3, -0.25) is 4.99 Å². The molecule has 0 radical (unpaired) electrons. The van der Waals surface area contributed by atoms with E-state index in [1.54, 1.807) is 6.21 Å². The van der Waals surface area contributed by atoms with Crippen LogP contribution in [0.15, 0.2) is 16.8 Å². The predicted octanol–water partition coefficient (Wildman–Crippen LogP) is 3.03. The van der Waals surface area contributed by atoms with E-state index in [4.69, 9.17) is 0 Å². The van der Waals surface area contributed by atoms with Crippen LogP contribution in [0.3, 0.4) is 0 Å². The van der Waals surface area contributed by atoms with Gasteiger partial charge in [0.15, 0.2) is 0 Å². The average Bonchev–Trinajstić information content (AvgIpc) is 1.88. The van der Waals surface area contributed by atoms with E-state index in [1.165, 1.54) is 5.57 Å². The molecule has 0 heterocycles. The third-order valence-corrected chi connectivity index (χ3v) is 0.482. The van der Waals surface area contributed by atoms with E-state index >= 15 is 0 Å². The molecule has 0 saturated carbocycles. The van der Waals surface area contributed by atoms with Gasteiger partial charge in [-0.05, 0) is 20.8 Å². The first-order valence-corrected chi connectivity index (χ1v) is 3.38. The first kappa shape index (κ1) is 11.2. The van der Waals surface area contributed by atoms with Gasteiger partial charge in [0.25, 0.3) is 0 Å².